The second-order valence-corrected chi connectivity index (χ2v) is 5.53. The number of likely N-dealkylation sites (tertiary alicyclic amines) is 1. The molecule has 0 bridgehead atoms. The lowest BCUT2D eigenvalue weighted by Crippen LogP contribution is -2.39. The van der Waals surface area contributed by atoms with Crippen molar-refractivity contribution < 1.29 is 19.1 Å². The van der Waals surface area contributed by atoms with Crippen LogP contribution >= 0.6 is 0 Å². The normalized spacial score (nSPS) is 16.0. The smallest absolute Gasteiger partial charge is 0.407 e. The zero-order chi connectivity index (χ0) is 16.7. The van der Waals surface area contributed by atoms with E-state index in [9.17, 15) is 18.8 Å². The highest BCUT2D eigenvalue weighted by Crippen LogP contribution is 2.23. The van der Waals surface area contributed by atoms with Crippen LogP contribution in [0.4, 0.5) is 9.18 Å². The SMILES string of the molecule is NC(=O)c1cc(F)cc2[nH]n(C3CCN(C(=O)O)CC3)c(=O)c12. The van der Waals surface area contributed by atoms with E-state index < -0.39 is 23.4 Å². The van der Waals surface area contributed by atoms with Gasteiger partial charge in [0, 0.05) is 13.1 Å². The maximum absolute atomic E-state index is 13.6. The molecule has 1 aromatic heterocycles. The Morgan fingerprint density at radius 3 is 2.52 bits per heavy atom. The molecule has 4 N–H and O–H groups in total. The summed E-state index contributed by atoms with van der Waals surface area (Å²) < 4.78 is 14.9. The first-order valence-electron chi connectivity index (χ1n) is 7.10. The van der Waals surface area contributed by atoms with Gasteiger partial charge in [-0.2, -0.15) is 0 Å². The van der Waals surface area contributed by atoms with E-state index in [-0.39, 0.29) is 22.5 Å². The fourth-order valence-corrected chi connectivity index (χ4v) is 2.99. The number of halogens is 1. The lowest BCUT2D eigenvalue weighted by molar-refractivity contribution is 0.100. The van der Waals surface area contributed by atoms with Crippen molar-refractivity contribution in [1.29, 1.82) is 0 Å². The van der Waals surface area contributed by atoms with Crippen LogP contribution in [0.1, 0.15) is 29.2 Å². The number of amides is 2. The molecule has 0 unspecified atom stereocenters. The number of piperidine rings is 1. The van der Waals surface area contributed by atoms with Gasteiger partial charge in [-0.05, 0) is 25.0 Å². The number of rotatable bonds is 2. The first-order chi connectivity index (χ1) is 10.9. The summed E-state index contributed by atoms with van der Waals surface area (Å²) in [5.74, 6) is -1.54. The predicted octanol–water partition coefficient (Wildman–Crippen LogP) is 0.882. The molecule has 1 aliphatic heterocycles. The maximum atomic E-state index is 13.6. The topological polar surface area (TPSA) is 121 Å². The largest absolute Gasteiger partial charge is 0.465 e. The molecule has 0 radical (unpaired) electrons. The zero-order valence-electron chi connectivity index (χ0n) is 12.1. The van der Waals surface area contributed by atoms with Crippen molar-refractivity contribution in [2.75, 3.05) is 13.1 Å². The third-order valence-corrected chi connectivity index (χ3v) is 4.14. The molecule has 1 aromatic carbocycles. The van der Waals surface area contributed by atoms with Gasteiger partial charge >= 0.3 is 6.09 Å². The van der Waals surface area contributed by atoms with Crippen LogP contribution in [0.15, 0.2) is 16.9 Å². The van der Waals surface area contributed by atoms with Gasteiger partial charge in [-0.15, -0.1) is 0 Å². The molecule has 3 rings (SSSR count). The highest BCUT2D eigenvalue weighted by molar-refractivity contribution is 6.05. The molecular weight excluding hydrogens is 307 g/mol. The summed E-state index contributed by atoms with van der Waals surface area (Å²) >= 11 is 0. The summed E-state index contributed by atoms with van der Waals surface area (Å²) in [6.07, 6.45) is -0.0913. The van der Waals surface area contributed by atoms with Gasteiger partial charge in [0.25, 0.3) is 5.56 Å². The minimum Gasteiger partial charge on any atom is -0.465 e. The van der Waals surface area contributed by atoms with Crippen LogP contribution in [0.2, 0.25) is 0 Å². The van der Waals surface area contributed by atoms with E-state index >= 15 is 0 Å². The maximum Gasteiger partial charge on any atom is 0.407 e. The van der Waals surface area contributed by atoms with E-state index in [1.165, 1.54) is 9.58 Å². The van der Waals surface area contributed by atoms with Crippen molar-refractivity contribution >= 4 is 22.9 Å². The van der Waals surface area contributed by atoms with Crippen molar-refractivity contribution in [3.63, 3.8) is 0 Å². The molecule has 8 nitrogen and oxygen atoms in total. The molecule has 9 heteroatoms. The average Bonchev–Trinajstić information content (AvgIpc) is 2.83. The van der Waals surface area contributed by atoms with Gasteiger partial charge in [-0.3, -0.25) is 14.7 Å². The molecular formula is C14H15FN4O4. The van der Waals surface area contributed by atoms with Crippen LogP contribution in [-0.2, 0) is 0 Å². The minimum absolute atomic E-state index is 0.0552. The Morgan fingerprint density at radius 1 is 1.30 bits per heavy atom. The molecule has 1 fully saturated rings. The number of nitrogens with two attached hydrogens (primary N) is 1. The molecule has 0 saturated carbocycles. The second kappa shape index (κ2) is 5.41. The third-order valence-electron chi connectivity index (χ3n) is 4.14. The molecule has 1 saturated heterocycles. The Hall–Kier alpha value is -2.84. The van der Waals surface area contributed by atoms with Crippen LogP contribution < -0.4 is 11.3 Å². The first-order valence-corrected chi connectivity index (χ1v) is 7.10. The quantitative estimate of drug-likeness (QED) is 0.760. The molecule has 2 aromatic rings. The number of hydrogen-bond acceptors (Lipinski definition) is 3. The van der Waals surface area contributed by atoms with Gasteiger partial charge in [-0.1, -0.05) is 0 Å². The Morgan fingerprint density at radius 2 is 1.96 bits per heavy atom. The zero-order valence-corrected chi connectivity index (χ0v) is 12.1. The number of fused-ring (bicyclic) bond motifs is 1. The Labute approximate surface area is 129 Å². The molecule has 0 atom stereocenters. The number of H-pyrrole nitrogens is 1. The molecule has 2 amide bonds. The first kappa shape index (κ1) is 15.1. The Balaban J connectivity index is 2.02. The van der Waals surface area contributed by atoms with Crippen molar-refractivity contribution in [1.82, 2.24) is 14.7 Å². The average molecular weight is 322 g/mol. The summed E-state index contributed by atoms with van der Waals surface area (Å²) in [7, 11) is 0. The lowest BCUT2D eigenvalue weighted by atomic mass is 10.1. The van der Waals surface area contributed by atoms with E-state index in [2.05, 4.69) is 5.10 Å². The van der Waals surface area contributed by atoms with Crippen LogP contribution in [-0.4, -0.2) is 44.9 Å². The van der Waals surface area contributed by atoms with Crippen molar-refractivity contribution in [3.05, 3.63) is 33.9 Å². The van der Waals surface area contributed by atoms with Crippen molar-refractivity contribution in [2.24, 2.45) is 5.73 Å². The molecule has 1 aliphatic rings. The van der Waals surface area contributed by atoms with E-state index in [1.807, 2.05) is 0 Å². The second-order valence-electron chi connectivity index (χ2n) is 5.53. The number of benzene rings is 1. The van der Waals surface area contributed by atoms with Crippen LogP contribution in [0.5, 0.6) is 0 Å². The van der Waals surface area contributed by atoms with E-state index in [0.29, 0.717) is 25.9 Å². The number of hydrogen-bond donors (Lipinski definition) is 3. The van der Waals surface area contributed by atoms with Gasteiger partial charge in [-0.25, -0.2) is 13.9 Å². The number of carbonyl (C=O) groups excluding carboxylic acids is 1. The predicted molar refractivity (Wildman–Crippen MR) is 78.9 cm³/mol. The van der Waals surface area contributed by atoms with Gasteiger partial charge < -0.3 is 15.7 Å². The number of nitrogens with zero attached hydrogens (tertiary/aromatic N) is 2. The number of aromatic amines is 1. The van der Waals surface area contributed by atoms with Gasteiger partial charge in [0.15, 0.2) is 0 Å². The summed E-state index contributed by atoms with van der Waals surface area (Å²) in [6, 6.07) is 1.83. The highest BCUT2D eigenvalue weighted by Gasteiger charge is 2.26. The third kappa shape index (κ3) is 2.54. The standard InChI is InChI=1S/C14H15FN4O4/c15-7-5-9(12(16)20)11-10(6-7)17-19(13(11)21)8-1-3-18(4-2-8)14(22)23/h5-6,8,17H,1-4H2,(H2,16,20)(H,22,23). The van der Waals surface area contributed by atoms with Gasteiger partial charge in [0.2, 0.25) is 5.91 Å². The molecule has 23 heavy (non-hydrogen) atoms. The summed E-state index contributed by atoms with van der Waals surface area (Å²) in [6.45, 7) is 0.609. The van der Waals surface area contributed by atoms with Crippen molar-refractivity contribution in [2.45, 2.75) is 18.9 Å². The van der Waals surface area contributed by atoms with E-state index in [4.69, 9.17) is 10.8 Å². The Kier molecular flexibility index (Phi) is 3.55. The number of carbonyl (C=O) groups is 2. The highest BCUT2D eigenvalue weighted by atomic mass is 19.1. The number of nitrogens with one attached hydrogen (secondary N) is 1. The van der Waals surface area contributed by atoms with E-state index in [0.717, 1.165) is 12.1 Å². The summed E-state index contributed by atoms with van der Waals surface area (Å²) in [5, 5.41) is 11.8. The van der Waals surface area contributed by atoms with Crippen molar-refractivity contribution in [3.8, 4) is 0 Å². The molecule has 0 aliphatic carbocycles. The van der Waals surface area contributed by atoms with Gasteiger partial charge in [0.1, 0.15) is 5.82 Å². The number of primary amides is 1. The molecule has 122 valence electrons. The fourth-order valence-electron chi connectivity index (χ4n) is 2.99. The van der Waals surface area contributed by atoms with Crippen LogP contribution in [0.25, 0.3) is 10.9 Å². The molecule has 2 heterocycles. The summed E-state index contributed by atoms with van der Waals surface area (Å²) in [4.78, 5) is 36.2. The minimum atomic E-state index is -0.995. The summed E-state index contributed by atoms with van der Waals surface area (Å²) in [5.41, 5.74) is 4.80. The Bertz CT molecular complexity index is 848. The number of carboxylic acid groups (broad SMARTS) is 1. The molecule has 0 spiro atoms. The lowest BCUT2D eigenvalue weighted by Gasteiger charge is -2.30. The number of aromatic nitrogens is 2. The van der Waals surface area contributed by atoms with Crippen LogP contribution in [0, 0.1) is 5.82 Å². The van der Waals surface area contributed by atoms with E-state index in [1.54, 1.807) is 0 Å². The fraction of sp³-hybridized carbons (Fsp3) is 0.357. The van der Waals surface area contributed by atoms with Crippen LogP contribution in [0.3, 0.4) is 0 Å². The monoisotopic (exact) mass is 322 g/mol. The van der Waals surface area contributed by atoms with Gasteiger partial charge in [0.05, 0.1) is 22.5 Å².